The number of hydrogen-bond donors (Lipinski definition) is 1. The molecule has 4 nitrogen and oxygen atoms in total. The molecule has 0 fully saturated rings. The summed E-state index contributed by atoms with van der Waals surface area (Å²) < 4.78 is 1.86. The number of ketones is 1. The Labute approximate surface area is 76.9 Å². The second-order valence-corrected chi connectivity index (χ2v) is 3.28. The van der Waals surface area contributed by atoms with Crippen molar-refractivity contribution in [1.29, 1.82) is 0 Å². The number of nitrogens with one attached hydrogen (secondary N) is 1. The number of fused-ring (bicyclic) bond motifs is 1. The molecular formula is C9H13N3O. The minimum atomic E-state index is 0.156. The van der Waals surface area contributed by atoms with Gasteiger partial charge in [-0.15, -0.1) is 0 Å². The molecule has 0 radical (unpaired) electrons. The van der Waals surface area contributed by atoms with Crippen molar-refractivity contribution in [3.63, 3.8) is 0 Å². The molecule has 0 bridgehead atoms. The van der Waals surface area contributed by atoms with Crippen LogP contribution >= 0.6 is 0 Å². The van der Waals surface area contributed by atoms with E-state index < -0.39 is 0 Å². The molecule has 0 unspecified atom stereocenters. The SMILES string of the molecule is CCCn1cc2c(n1)CNCC2=O. The number of hydrogen-bond acceptors (Lipinski definition) is 3. The zero-order chi connectivity index (χ0) is 9.26. The van der Waals surface area contributed by atoms with Crippen molar-refractivity contribution in [2.75, 3.05) is 6.54 Å². The lowest BCUT2D eigenvalue weighted by Gasteiger charge is -2.08. The van der Waals surface area contributed by atoms with Gasteiger partial charge in [0.25, 0.3) is 0 Å². The van der Waals surface area contributed by atoms with Gasteiger partial charge in [0.15, 0.2) is 5.78 Å². The van der Waals surface area contributed by atoms with Gasteiger partial charge in [0.1, 0.15) is 0 Å². The molecule has 1 aliphatic heterocycles. The summed E-state index contributed by atoms with van der Waals surface area (Å²) in [4.78, 5) is 11.4. The van der Waals surface area contributed by atoms with E-state index in [1.807, 2.05) is 10.9 Å². The Morgan fingerprint density at radius 3 is 3.15 bits per heavy atom. The highest BCUT2D eigenvalue weighted by Gasteiger charge is 2.19. The van der Waals surface area contributed by atoms with E-state index in [1.165, 1.54) is 0 Å². The fraction of sp³-hybridized carbons (Fsp3) is 0.556. The van der Waals surface area contributed by atoms with E-state index >= 15 is 0 Å². The number of aromatic nitrogens is 2. The molecule has 2 rings (SSSR count). The number of carbonyl (C=O) groups is 1. The fourth-order valence-corrected chi connectivity index (χ4v) is 1.56. The van der Waals surface area contributed by atoms with E-state index in [-0.39, 0.29) is 5.78 Å². The Morgan fingerprint density at radius 1 is 1.62 bits per heavy atom. The number of Topliss-reactive ketones (excluding diaryl/α,β-unsaturated/α-hetero) is 1. The van der Waals surface area contributed by atoms with Crippen molar-refractivity contribution in [3.05, 3.63) is 17.5 Å². The van der Waals surface area contributed by atoms with E-state index in [0.29, 0.717) is 6.54 Å². The second-order valence-electron chi connectivity index (χ2n) is 3.28. The van der Waals surface area contributed by atoms with Gasteiger partial charge < -0.3 is 5.32 Å². The Balaban J connectivity index is 2.31. The van der Waals surface area contributed by atoms with Crippen LogP contribution < -0.4 is 5.32 Å². The van der Waals surface area contributed by atoms with E-state index in [0.717, 1.165) is 30.8 Å². The van der Waals surface area contributed by atoms with Crippen molar-refractivity contribution in [1.82, 2.24) is 15.1 Å². The van der Waals surface area contributed by atoms with Crippen LogP contribution in [0.1, 0.15) is 29.4 Å². The third-order valence-corrected chi connectivity index (χ3v) is 2.17. The summed E-state index contributed by atoms with van der Waals surface area (Å²) >= 11 is 0. The van der Waals surface area contributed by atoms with Gasteiger partial charge >= 0.3 is 0 Å². The molecule has 0 saturated heterocycles. The highest BCUT2D eigenvalue weighted by Crippen LogP contribution is 2.11. The normalized spacial score (nSPS) is 15.9. The molecule has 0 amide bonds. The van der Waals surface area contributed by atoms with Gasteiger partial charge in [0.05, 0.1) is 17.8 Å². The predicted molar refractivity (Wildman–Crippen MR) is 48.6 cm³/mol. The summed E-state index contributed by atoms with van der Waals surface area (Å²) in [5.41, 5.74) is 1.69. The van der Waals surface area contributed by atoms with Gasteiger partial charge in [0.2, 0.25) is 0 Å². The molecule has 0 saturated carbocycles. The molecule has 2 heterocycles. The fourth-order valence-electron chi connectivity index (χ4n) is 1.56. The zero-order valence-corrected chi connectivity index (χ0v) is 7.71. The molecule has 1 aliphatic rings. The molecule has 1 aromatic rings. The number of carbonyl (C=O) groups excluding carboxylic acids is 1. The van der Waals surface area contributed by atoms with Crippen molar-refractivity contribution < 1.29 is 4.79 Å². The second kappa shape index (κ2) is 3.30. The van der Waals surface area contributed by atoms with Gasteiger partial charge in [0, 0.05) is 19.3 Å². The highest BCUT2D eigenvalue weighted by molar-refractivity contribution is 5.99. The molecule has 0 aliphatic carbocycles. The van der Waals surface area contributed by atoms with Crippen LogP contribution in [0.2, 0.25) is 0 Å². The molecule has 70 valence electrons. The van der Waals surface area contributed by atoms with Gasteiger partial charge in [-0.1, -0.05) is 6.92 Å². The first-order valence-electron chi connectivity index (χ1n) is 4.61. The summed E-state index contributed by atoms with van der Waals surface area (Å²) in [6.07, 6.45) is 2.91. The molecule has 0 atom stereocenters. The molecular weight excluding hydrogens is 166 g/mol. The number of nitrogens with zero attached hydrogens (tertiary/aromatic N) is 2. The summed E-state index contributed by atoms with van der Waals surface area (Å²) in [6, 6.07) is 0. The minimum Gasteiger partial charge on any atom is -0.304 e. The monoisotopic (exact) mass is 179 g/mol. The van der Waals surface area contributed by atoms with Gasteiger partial charge in [-0.25, -0.2) is 0 Å². The Hall–Kier alpha value is -1.16. The van der Waals surface area contributed by atoms with Crippen molar-refractivity contribution in [3.8, 4) is 0 Å². The summed E-state index contributed by atoms with van der Waals surface area (Å²) in [5, 5.41) is 7.35. The molecule has 1 N–H and O–H groups in total. The maximum atomic E-state index is 11.4. The van der Waals surface area contributed by atoms with Gasteiger partial charge in [-0.3, -0.25) is 9.48 Å². The maximum absolute atomic E-state index is 11.4. The number of aryl methyl sites for hydroxylation is 1. The molecule has 13 heavy (non-hydrogen) atoms. The van der Waals surface area contributed by atoms with Crippen LogP contribution in [0.25, 0.3) is 0 Å². The van der Waals surface area contributed by atoms with Crippen LogP contribution in [-0.4, -0.2) is 22.1 Å². The van der Waals surface area contributed by atoms with Crippen molar-refractivity contribution >= 4 is 5.78 Å². The molecule has 0 aromatic carbocycles. The average molecular weight is 179 g/mol. The lowest BCUT2D eigenvalue weighted by Crippen LogP contribution is -2.29. The number of rotatable bonds is 2. The standard InChI is InChI=1S/C9H13N3O/c1-2-3-12-6-7-8(11-12)4-10-5-9(7)13/h6,10H,2-5H2,1H3. The van der Waals surface area contributed by atoms with E-state index in [4.69, 9.17) is 0 Å². The van der Waals surface area contributed by atoms with Crippen LogP contribution in [0.5, 0.6) is 0 Å². The average Bonchev–Trinajstić information content (AvgIpc) is 2.49. The summed E-state index contributed by atoms with van der Waals surface area (Å²) in [5.74, 6) is 0.156. The zero-order valence-electron chi connectivity index (χ0n) is 7.71. The first-order valence-corrected chi connectivity index (χ1v) is 4.61. The third kappa shape index (κ3) is 1.49. The van der Waals surface area contributed by atoms with E-state index in [2.05, 4.69) is 17.3 Å². The van der Waals surface area contributed by atoms with Crippen LogP contribution in [0.3, 0.4) is 0 Å². The quantitative estimate of drug-likeness (QED) is 0.722. The van der Waals surface area contributed by atoms with Crippen LogP contribution in [0.15, 0.2) is 6.20 Å². The highest BCUT2D eigenvalue weighted by atomic mass is 16.1. The predicted octanol–water partition coefficient (Wildman–Crippen LogP) is 0.579. The van der Waals surface area contributed by atoms with Gasteiger partial charge in [-0.2, -0.15) is 5.10 Å². The Morgan fingerprint density at radius 2 is 2.46 bits per heavy atom. The van der Waals surface area contributed by atoms with Crippen LogP contribution in [0, 0.1) is 0 Å². The van der Waals surface area contributed by atoms with Gasteiger partial charge in [-0.05, 0) is 6.42 Å². The van der Waals surface area contributed by atoms with Crippen LogP contribution in [0.4, 0.5) is 0 Å². The lowest BCUT2D eigenvalue weighted by atomic mass is 10.1. The van der Waals surface area contributed by atoms with E-state index in [9.17, 15) is 4.79 Å². The van der Waals surface area contributed by atoms with E-state index in [1.54, 1.807) is 0 Å². The topological polar surface area (TPSA) is 46.9 Å². The largest absolute Gasteiger partial charge is 0.304 e. The summed E-state index contributed by atoms with van der Waals surface area (Å²) in [6.45, 7) is 4.16. The van der Waals surface area contributed by atoms with Crippen molar-refractivity contribution in [2.45, 2.75) is 26.4 Å². The Bertz CT molecular complexity index is 330. The maximum Gasteiger partial charge on any atom is 0.180 e. The van der Waals surface area contributed by atoms with Crippen molar-refractivity contribution in [2.24, 2.45) is 0 Å². The third-order valence-electron chi connectivity index (χ3n) is 2.17. The lowest BCUT2D eigenvalue weighted by molar-refractivity contribution is 0.0982. The molecule has 1 aromatic heterocycles. The Kier molecular flexibility index (Phi) is 2.14. The molecule has 4 heteroatoms. The smallest absolute Gasteiger partial charge is 0.180 e. The first kappa shape index (κ1) is 8.44. The minimum absolute atomic E-state index is 0.156. The first-order chi connectivity index (χ1) is 6.31. The molecule has 0 spiro atoms. The summed E-state index contributed by atoms with van der Waals surface area (Å²) in [7, 11) is 0. The van der Waals surface area contributed by atoms with Crippen LogP contribution in [-0.2, 0) is 13.1 Å².